The lowest BCUT2D eigenvalue weighted by Gasteiger charge is -2.11. The highest BCUT2D eigenvalue weighted by Crippen LogP contribution is 2.25. The molecule has 2 N–H and O–H groups in total. The molecule has 1 aromatic heterocycles. The molecule has 0 bridgehead atoms. The van der Waals surface area contributed by atoms with Crippen LogP contribution in [0.3, 0.4) is 0 Å². The molecule has 4 nitrogen and oxygen atoms in total. The van der Waals surface area contributed by atoms with Crippen molar-refractivity contribution in [2.75, 3.05) is 10.6 Å². The van der Waals surface area contributed by atoms with Gasteiger partial charge in [0.25, 0.3) is 11.8 Å². The van der Waals surface area contributed by atoms with Gasteiger partial charge in [0.2, 0.25) is 0 Å². The molecule has 132 valence electrons. The van der Waals surface area contributed by atoms with Crippen LogP contribution in [0.4, 0.5) is 11.4 Å². The van der Waals surface area contributed by atoms with E-state index in [1.807, 2.05) is 37.4 Å². The van der Waals surface area contributed by atoms with Crippen molar-refractivity contribution in [2.24, 2.45) is 0 Å². The first kappa shape index (κ1) is 18.2. The van der Waals surface area contributed by atoms with Crippen molar-refractivity contribution >= 4 is 46.1 Å². The molecule has 3 rings (SSSR count). The highest BCUT2D eigenvalue weighted by atomic mass is 35.5. The fraction of sp³-hybridized carbons (Fsp3) is 0.100. The van der Waals surface area contributed by atoms with Gasteiger partial charge in [-0.25, -0.2) is 0 Å². The second kappa shape index (κ2) is 7.72. The minimum absolute atomic E-state index is 0.256. The van der Waals surface area contributed by atoms with Crippen molar-refractivity contribution in [1.29, 1.82) is 0 Å². The van der Waals surface area contributed by atoms with E-state index in [1.165, 1.54) is 11.3 Å². The molecule has 0 saturated heterocycles. The Kier molecular flexibility index (Phi) is 5.40. The zero-order valence-corrected chi connectivity index (χ0v) is 15.9. The maximum absolute atomic E-state index is 12.6. The Hall–Kier alpha value is -2.63. The molecule has 0 radical (unpaired) electrons. The van der Waals surface area contributed by atoms with E-state index >= 15 is 0 Å². The van der Waals surface area contributed by atoms with Gasteiger partial charge in [-0.15, -0.1) is 11.3 Å². The van der Waals surface area contributed by atoms with Crippen LogP contribution in [0, 0.1) is 13.8 Å². The Morgan fingerprint density at radius 1 is 0.923 bits per heavy atom. The minimum atomic E-state index is -0.262. The second-order valence-electron chi connectivity index (χ2n) is 5.90. The lowest BCUT2D eigenvalue weighted by molar-refractivity contribution is 0.101. The van der Waals surface area contributed by atoms with Crippen LogP contribution < -0.4 is 10.6 Å². The fourth-order valence-corrected chi connectivity index (χ4v) is 3.20. The monoisotopic (exact) mass is 384 g/mol. The van der Waals surface area contributed by atoms with E-state index < -0.39 is 0 Å². The molecule has 0 unspecified atom stereocenters. The topological polar surface area (TPSA) is 58.2 Å². The summed E-state index contributed by atoms with van der Waals surface area (Å²) in [5.41, 5.74) is 3.61. The molecule has 3 aromatic rings. The summed E-state index contributed by atoms with van der Waals surface area (Å²) in [6, 6.07) is 14.2. The Morgan fingerprint density at radius 2 is 1.69 bits per heavy atom. The fourth-order valence-electron chi connectivity index (χ4n) is 2.42. The molecule has 0 aliphatic carbocycles. The van der Waals surface area contributed by atoms with Crippen LogP contribution in [0.5, 0.6) is 0 Å². The molecule has 2 aromatic carbocycles. The molecule has 0 saturated carbocycles. The van der Waals surface area contributed by atoms with E-state index in [-0.39, 0.29) is 11.8 Å². The quantitative estimate of drug-likeness (QED) is 0.621. The smallest absolute Gasteiger partial charge is 0.265 e. The largest absolute Gasteiger partial charge is 0.322 e. The van der Waals surface area contributed by atoms with Crippen molar-refractivity contribution in [3.8, 4) is 0 Å². The standard InChI is InChI=1S/C20H17ClN2O2S/c1-12-5-6-13(2)16(10-12)22-19(24)14-7-8-15(21)17(11-14)23-20(25)18-4-3-9-26-18/h3-11H,1-2H3,(H,22,24)(H,23,25). The van der Waals surface area contributed by atoms with E-state index in [9.17, 15) is 9.59 Å². The molecule has 0 aliphatic heterocycles. The number of anilines is 2. The summed E-state index contributed by atoms with van der Waals surface area (Å²) in [6.45, 7) is 3.90. The first-order valence-electron chi connectivity index (χ1n) is 7.97. The van der Waals surface area contributed by atoms with E-state index in [0.29, 0.717) is 21.2 Å². The Bertz CT molecular complexity index is 968. The van der Waals surface area contributed by atoms with E-state index in [4.69, 9.17) is 11.6 Å². The Balaban J connectivity index is 1.81. The van der Waals surface area contributed by atoms with Crippen LogP contribution in [0.15, 0.2) is 53.9 Å². The molecule has 2 amide bonds. The van der Waals surface area contributed by atoms with Gasteiger partial charge in [0.15, 0.2) is 0 Å². The molecule has 6 heteroatoms. The van der Waals surface area contributed by atoms with Crippen LogP contribution in [-0.4, -0.2) is 11.8 Å². The molecular weight excluding hydrogens is 368 g/mol. The molecule has 0 atom stereocenters. The summed E-state index contributed by atoms with van der Waals surface area (Å²) >= 11 is 7.51. The normalized spacial score (nSPS) is 10.4. The predicted molar refractivity (Wildman–Crippen MR) is 108 cm³/mol. The van der Waals surface area contributed by atoms with Crippen LogP contribution in [-0.2, 0) is 0 Å². The highest BCUT2D eigenvalue weighted by molar-refractivity contribution is 7.12. The van der Waals surface area contributed by atoms with Crippen molar-refractivity contribution in [1.82, 2.24) is 0 Å². The van der Waals surface area contributed by atoms with Crippen LogP contribution in [0.1, 0.15) is 31.2 Å². The molecular formula is C20H17ClN2O2S. The van der Waals surface area contributed by atoms with E-state index in [1.54, 1.807) is 30.3 Å². The average Bonchev–Trinajstić information content (AvgIpc) is 3.14. The lowest BCUT2D eigenvalue weighted by Crippen LogP contribution is -2.15. The van der Waals surface area contributed by atoms with Gasteiger partial charge in [-0.1, -0.05) is 29.8 Å². The number of hydrogen-bond acceptors (Lipinski definition) is 3. The van der Waals surface area contributed by atoms with Gasteiger partial charge in [-0.05, 0) is 60.7 Å². The number of carbonyl (C=O) groups excluding carboxylic acids is 2. The number of halogens is 1. The Labute approximate surface area is 160 Å². The van der Waals surface area contributed by atoms with Crippen molar-refractivity contribution in [3.63, 3.8) is 0 Å². The van der Waals surface area contributed by atoms with Gasteiger partial charge in [-0.3, -0.25) is 9.59 Å². The zero-order chi connectivity index (χ0) is 18.7. The van der Waals surface area contributed by atoms with Crippen LogP contribution in [0.25, 0.3) is 0 Å². The number of carbonyl (C=O) groups is 2. The average molecular weight is 385 g/mol. The predicted octanol–water partition coefficient (Wildman–Crippen LogP) is 5.52. The number of amides is 2. The first-order valence-corrected chi connectivity index (χ1v) is 9.23. The summed E-state index contributed by atoms with van der Waals surface area (Å²) in [4.78, 5) is 25.4. The van der Waals surface area contributed by atoms with Gasteiger partial charge in [0.05, 0.1) is 15.6 Å². The highest BCUT2D eigenvalue weighted by Gasteiger charge is 2.13. The molecule has 1 heterocycles. The third kappa shape index (κ3) is 4.12. The second-order valence-corrected chi connectivity index (χ2v) is 7.25. The van der Waals surface area contributed by atoms with E-state index in [2.05, 4.69) is 10.6 Å². The van der Waals surface area contributed by atoms with Crippen molar-refractivity contribution < 1.29 is 9.59 Å². The summed E-state index contributed by atoms with van der Waals surface area (Å²) < 4.78 is 0. The van der Waals surface area contributed by atoms with Gasteiger partial charge in [0.1, 0.15) is 0 Å². The number of hydrogen-bond donors (Lipinski definition) is 2. The van der Waals surface area contributed by atoms with Gasteiger partial charge >= 0.3 is 0 Å². The number of nitrogens with one attached hydrogen (secondary N) is 2. The molecule has 0 spiro atoms. The maximum Gasteiger partial charge on any atom is 0.265 e. The first-order chi connectivity index (χ1) is 12.4. The summed E-state index contributed by atoms with van der Waals surface area (Å²) in [7, 11) is 0. The van der Waals surface area contributed by atoms with Crippen molar-refractivity contribution in [2.45, 2.75) is 13.8 Å². The summed E-state index contributed by atoms with van der Waals surface area (Å²) in [6.07, 6.45) is 0. The maximum atomic E-state index is 12.6. The van der Waals surface area contributed by atoms with E-state index in [0.717, 1.165) is 16.8 Å². The summed E-state index contributed by atoms with van der Waals surface area (Å²) in [5, 5.41) is 7.85. The number of thiophene rings is 1. The number of rotatable bonds is 4. The number of benzene rings is 2. The van der Waals surface area contributed by atoms with Gasteiger partial charge in [0, 0.05) is 11.3 Å². The van der Waals surface area contributed by atoms with Crippen LogP contribution >= 0.6 is 22.9 Å². The molecule has 0 aliphatic rings. The van der Waals surface area contributed by atoms with Gasteiger partial charge < -0.3 is 10.6 Å². The zero-order valence-electron chi connectivity index (χ0n) is 14.3. The summed E-state index contributed by atoms with van der Waals surface area (Å²) in [5.74, 6) is -0.518. The van der Waals surface area contributed by atoms with Gasteiger partial charge in [-0.2, -0.15) is 0 Å². The van der Waals surface area contributed by atoms with Crippen LogP contribution in [0.2, 0.25) is 5.02 Å². The molecule has 0 fully saturated rings. The third-order valence-corrected chi connectivity index (χ3v) is 5.06. The van der Waals surface area contributed by atoms with Crippen molar-refractivity contribution in [3.05, 3.63) is 80.5 Å². The lowest BCUT2D eigenvalue weighted by atomic mass is 10.1. The molecule has 26 heavy (non-hydrogen) atoms. The minimum Gasteiger partial charge on any atom is -0.322 e. The Morgan fingerprint density at radius 3 is 2.42 bits per heavy atom. The third-order valence-electron chi connectivity index (χ3n) is 3.86. The SMILES string of the molecule is Cc1ccc(C)c(NC(=O)c2ccc(Cl)c(NC(=O)c3cccs3)c2)c1. The number of aryl methyl sites for hydroxylation is 2.